The highest BCUT2D eigenvalue weighted by atomic mass is 16.5. The van der Waals surface area contributed by atoms with E-state index in [4.69, 9.17) is 4.74 Å². The number of aromatic nitrogens is 4. The second kappa shape index (κ2) is 7.39. The number of carbonyl (C=O) groups excluding carboxylic acids is 1. The van der Waals surface area contributed by atoms with Crippen molar-refractivity contribution in [3.63, 3.8) is 0 Å². The van der Waals surface area contributed by atoms with Crippen LogP contribution in [-0.4, -0.2) is 51.4 Å². The van der Waals surface area contributed by atoms with E-state index in [9.17, 15) is 4.79 Å². The molecule has 0 bridgehead atoms. The van der Waals surface area contributed by atoms with Crippen LogP contribution in [0, 0.1) is 0 Å². The number of carbonyl (C=O) groups is 1. The van der Waals surface area contributed by atoms with E-state index in [0.29, 0.717) is 18.2 Å². The molecule has 1 aliphatic heterocycles. The first-order valence-corrected chi connectivity index (χ1v) is 10.2. The van der Waals surface area contributed by atoms with Gasteiger partial charge in [-0.1, -0.05) is 12.1 Å². The Morgan fingerprint density at radius 2 is 2.07 bits per heavy atom. The Labute approximate surface area is 169 Å². The quantitative estimate of drug-likeness (QED) is 0.694. The molecule has 1 aliphatic carbocycles. The Bertz CT molecular complexity index is 1020. The zero-order chi connectivity index (χ0) is 19.8. The SMILES string of the molecule is COc1cccc(-c2cn[nH]c2[C@H]2CCCN(C(=O)c3cc(C4CC4)[nH]n3)C2)c1. The molecule has 1 amide bonds. The Morgan fingerprint density at radius 1 is 1.17 bits per heavy atom. The molecule has 0 radical (unpaired) electrons. The molecule has 3 aromatic rings. The highest BCUT2D eigenvalue weighted by Crippen LogP contribution is 2.39. The van der Waals surface area contributed by atoms with Crippen LogP contribution in [0.4, 0.5) is 0 Å². The van der Waals surface area contributed by atoms with Crippen LogP contribution in [0.15, 0.2) is 36.5 Å². The summed E-state index contributed by atoms with van der Waals surface area (Å²) >= 11 is 0. The fraction of sp³-hybridized carbons (Fsp3) is 0.409. The van der Waals surface area contributed by atoms with Crippen molar-refractivity contribution < 1.29 is 9.53 Å². The predicted octanol–water partition coefficient (Wildman–Crippen LogP) is 3.71. The van der Waals surface area contributed by atoms with Gasteiger partial charge in [-0.25, -0.2) is 0 Å². The largest absolute Gasteiger partial charge is 0.497 e. The second-order valence-electron chi connectivity index (χ2n) is 8.00. The number of aromatic amines is 2. The van der Waals surface area contributed by atoms with Crippen LogP contribution in [0.3, 0.4) is 0 Å². The van der Waals surface area contributed by atoms with Crippen molar-refractivity contribution in [3.8, 4) is 16.9 Å². The summed E-state index contributed by atoms with van der Waals surface area (Å²) in [6.45, 7) is 1.44. The van der Waals surface area contributed by atoms with Gasteiger partial charge in [-0.15, -0.1) is 0 Å². The third kappa shape index (κ3) is 3.52. The first kappa shape index (κ1) is 18.0. The number of methoxy groups -OCH3 is 1. The van der Waals surface area contributed by atoms with Gasteiger partial charge >= 0.3 is 0 Å². The molecule has 2 aliphatic rings. The number of likely N-dealkylation sites (tertiary alicyclic amines) is 1. The number of nitrogens with one attached hydrogen (secondary N) is 2. The van der Waals surface area contributed by atoms with Gasteiger partial charge in [-0.3, -0.25) is 15.0 Å². The summed E-state index contributed by atoms with van der Waals surface area (Å²) in [6, 6.07) is 9.93. The molecule has 7 nitrogen and oxygen atoms in total. The maximum absolute atomic E-state index is 13.0. The van der Waals surface area contributed by atoms with Crippen molar-refractivity contribution in [1.29, 1.82) is 0 Å². The van der Waals surface area contributed by atoms with Gasteiger partial charge < -0.3 is 9.64 Å². The maximum Gasteiger partial charge on any atom is 0.274 e. The molecule has 7 heteroatoms. The van der Waals surface area contributed by atoms with E-state index in [2.05, 4.69) is 26.5 Å². The van der Waals surface area contributed by atoms with Gasteiger partial charge in [0, 0.05) is 41.9 Å². The lowest BCUT2D eigenvalue weighted by atomic mass is 9.90. The number of piperidine rings is 1. The lowest BCUT2D eigenvalue weighted by Gasteiger charge is -2.32. The number of hydrogen-bond donors (Lipinski definition) is 2. The molecule has 1 aromatic carbocycles. The van der Waals surface area contributed by atoms with Crippen molar-refractivity contribution in [3.05, 3.63) is 53.6 Å². The smallest absolute Gasteiger partial charge is 0.274 e. The molecule has 29 heavy (non-hydrogen) atoms. The van der Waals surface area contributed by atoms with Crippen LogP contribution in [0.5, 0.6) is 5.75 Å². The van der Waals surface area contributed by atoms with Gasteiger partial charge in [0.2, 0.25) is 0 Å². The van der Waals surface area contributed by atoms with E-state index in [1.54, 1.807) is 7.11 Å². The summed E-state index contributed by atoms with van der Waals surface area (Å²) in [5, 5.41) is 14.8. The average Bonchev–Trinajstić information content (AvgIpc) is 3.29. The maximum atomic E-state index is 13.0. The van der Waals surface area contributed by atoms with Crippen molar-refractivity contribution in [1.82, 2.24) is 25.3 Å². The van der Waals surface area contributed by atoms with E-state index in [1.165, 1.54) is 12.8 Å². The van der Waals surface area contributed by atoms with Gasteiger partial charge in [0.25, 0.3) is 5.91 Å². The topological polar surface area (TPSA) is 86.9 Å². The van der Waals surface area contributed by atoms with Crippen molar-refractivity contribution in [2.45, 2.75) is 37.5 Å². The normalized spacial score (nSPS) is 19.3. The number of benzene rings is 1. The summed E-state index contributed by atoms with van der Waals surface area (Å²) in [4.78, 5) is 14.9. The minimum Gasteiger partial charge on any atom is -0.497 e. The summed E-state index contributed by atoms with van der Waals surface area (Å²) in [5.74, 6) is 1.62. The highest BCUT2D eigenvalue weighted by Gasteiger charge is 2.31. The van der Waals surface area contributed by atoms with Gasteiger partial charge in [0.05, 0.1) is 13.3 Å². The standard InChI is InChI=1S/C22H25N5O2/c1-29-17-6-2-4-15(10-17)18-12-23-26-21(18)16-5-3-9-27(13-16)22(28)20-11-19(24-25-20)14-7-8-14/h2,4,6,10-12,14,16H,3,5,7-9,13H2,1H3,(H,23,26)(H,24,25)/t16-/m0/s1. The van der Waals surface area contributed by atoms with E-state index < -0.39 is 0 Å². The van der Waals surface area contributed by atoms with Crippen molar-refractivity contribution in [2.75, 3.05) is 20.2 Å². The second-order valence-corrected chi connectivity index (χ2v) is 8.00. The molecule has 2 N–H and O–H groups in total. The number of rotatable bonds is 5. The van der Waals surface area contributed by atoms with E-state index >= 15 is 0 Å². The van der Waals surface area contributed by atoms with Gasteiger partial charge in [0.15, 0.2) is 0 Å². The van der Waals surface area contributed by atoms with Crippen molar-refractivity contribution >= 4 is 5.91 Å². The molecule has 2 fully saturated rings. The summed E-state index contributed by atoms with van der Waals surface area (Å²) in [7, 11) is 1.67. The van der Waals surface area contributed by atoms with E-state index in [1.807, 2.05) is 35.4 Å². The molecule has 3 heterocycles. The lowest BCUT2D eigenvalue weighted by Crippen LogP contribution is -2.39. The number of H-pyrrole nitrogens is 2. The Hall–Kier alpha value is -3.09. The minimum atomic E-state index is 0.0142. The zero-order valence-electron chi connectivity index (χ0n) is 16.5. The predicted molar refractivity (Wildman–Crippen MR) is 109 cm³/mol. The Balaban J connectivity index is 1.35. The van der Waals surface area contributed by atoms with Crippen LogP contribution in [-0.2, 0) is 0 Å². The van der Waals surface area contributed by atoms with E-state index in [0.717, 1.165) is 47.7 Å². The number of hydrogen-bond acceptors (Lipinski definition) is 4. The van der Waals surface area contributed by atoms with Crippen LogP contribution in [0.2, 0.25) is 0 Å². The first-order chi connectivity index (χ1) is 14.2. The van der Waals surface area contributed by atoms with Gasteiger partial charge in [0.1, 0.15) is 11.4 Å². The monoisotopic (exact) mass is 391 g/mol. The number of nitrogens with zero attached hydrogens (tertiary/aromatic N) is 3. The molecule has 1 saturated carbocycles. The van der Waals surface area contributed by atoms with Gasteiger partial charge in [-0.2, -0.15) is 10.2 Å². The highest BCUT2D eigenvalue weighted by molar-refractivity contribution is 5.92. The molecule has 5 rings (SSSR count). The fourth-order valence-electron chi connectivity index (χ4n) is 4.24. The van der Waals surface area contributed by atoms with Crippen LogP contribution < -0.4 is 4.74 Å². The number of amides is 1. The molecule has 1 atom stereocenters. The molecule has 0 spiro atoms. The van der Waals surface area contributed by atoms with Crippen LogP contribution in [0.25, 0.3) is 11.1 Å². The summed E-state index contributed by atoms with van der Waals surface area (Å²) in [6.07, 6.45) is 6.23. The average molecular weight is 391 g/mol. The first-order valence-electron chi connectivity index (χ1n) is 10.2. The third-order valence-electron chi connectivity index (χ3n) is 6.00. The third-order valence-corrected chi connectivity index (χ3v) is 6.00. The molecule has 150 valence electrons. The fourth-order valence-corrected chi connectivity index (χ4v) is 4.24. The minimum absolute atomic E-state index is 0.0142. The van der Waals surface area contributed by atoms with Gasteiger partial charge in [-0.05, 0) is 49.4 Å². The molecular formula is C22H25N5O2. The summed E-state index contributed by atoms with van der Waals surface area (Å²) in [5.41, 5.74) is 4.84. The molecular weight excluding hydrogens is 366 g/mol. The summed E-state index contributed by atoms with van der Waals surface area (Å²) < 4.78 is 5.37. The molecule has 2 aromatic heterocycles. The lowest BCUT2D eigenvalue weighted by molar-refractivity contribution is 0.0700. The Morgan fingerprint density at radius 3 is 2.90 bits per heavy atom. The molecule has 0 unspecified atom stereocenters. The van der Waals surface area contributed by atoms with Crippen molar-refractivity contribution in [2.24, 2.45) is 0 Å². The zero-order valence-corrected chi connectivity index (χ0v) is 16.5. The molecule has 1 saturated heterocycles. The number of ether oxygens (including phenoxy) is 1. The van der Waals surface area contributed by atoms with E-state index in [-0.39, 0.29) is 11.8 Å². The van der Waals surface area contributed by atoms with Crippen LogP contribution in [0.1, 0.15) is 59.4 Å². The van der Waals surface area contributed by atoms with Crippen LogP contribution >= 0.6 is 0 Å². The Kier molecular flexibility index (Phi) is 4.58.